The highest BCUT2D eigenvalue weighted by atomic mass is 32.2. The molecule has 1 saturated carbocycles. The lowest BCUT2D eigenvalue weighted by molar-refractivity contribution is 0.0945. The summed E-state index contributed by atoms with van der Waals surface area (Å²) in [5.41, 5.74) is 0.582. The third-order valence-corrected chi connectivity index (χ3v) is 5.43. The van der Waals surface area contributed by atoms with Crippen molar-refractivity contribution >= 4 is 16.7 Å². The number of benzene rings is 1. The summed E-state index contributed by atoms with van der Waals surface area (Å²) in [6.07, 6.45) is 2.36. The zero-order chi connectivity index (χ0) is 15.4. The van der Waals surface area contributed by atoms with Gasteiger partial charge < -0.3 is 10.4 Å². The van der Waals surface area contributed by atoms with E-state index in [-0.39, 0.29) is 17.3 Å². The summed E-state index contributed by atoms with van der Waals surface area (Å²) in [5, 5.41) is 12.4. The van der Waals surface area contributed by atoms with E-state index in [2.05, 4.69) is 5.32 Å². The van der Waals surface area contributed by atoms with Gasteiger partial charge in [-0.2, -0.15) is 0 Å². The molecule has 1 aliphatic carbocycles. The average Bonchev–Trinajstić information content (AvgIpc) is 2.89. The van der Waals surface area contributed by atoms with E-state index in [0.29, 0.717) is 18.0 Å². The van der Waals surface area contributed by atoms with Gasteiger partial charge in [-0.3, -0.25) is 9.00 Å². The molecule has 1 aliphatic rings. The minimum Gasteiger partial charge on any atom is -0.393 e. The van der Waals surface area contributed by atoms with Gasteiger partial charge in [-0.1, -0.05) is 13.8 Å². The summed E-state index contributed by atoms with van der Waals surface area (Å²) in [5.74, 6) is 0.259. The van der Waals surface area contributed by atoms with E-state index >= 15 is 0 Å². The standard InChI is InChI=1S/C16H23NO3S/c1-11(2)21(20)15-7-4-13(5-8-15)16(19)17-10-12-3-6-14(18)9-12/h4-5,7-8,11-12,14,18H,3,6,9-10H2,1-2H3,(H,17,19)/t12-,14+,21-/m0/s1. The highest BCUT2D eigenvalue weighted by Gasteiger charge is 2.23. The van der Waals surface area contributed by atoms with Gasteiger partial charge in [-0.15, -0.1) is 0 Å². The molecule has 1 aromatic carbocycles. The number of amides is 1. The van der Waals surface area contributed by atoms with Crippen LogP contribution >= 0.6 is 0 Å². The van der Waals surface area contributed by atoms with E-state index in [9.17, 15) is 14.1 Å². The lowest BCUT2D eigenvalue weighted by Gasteiger charge is -2.11. The zero-order valence-corrected chi connectivity index (χ0v) is 13.4. The number of rotatable bonds is 5. The molecule has 0 heterocycles. The van der Waals surface area contributed by atoms with Crippen LogP contribution < -0.4 is 5.32 Å². The Balaban J connectivity index is 1.89. The van der Waals surface area contributed by atoms with E-state index in [1.807, 2.05) is 13.8 Å². The van der Waals surface area contributed by atoms with Crippen molar-refractivity contribution in [3.8, 4) is 0 Å². The molecule has 2 N–H and O–H groups in total. The second-order valence-electron chi connectivity index (χ2n) is 5.91. The number of nitrogens with one attached hydrogen (secondary N) is 1. The highest BCUT2D eigenvalue weighted by Crippen LogP contribution is 2.24. The first-order valence-corrected chi connectivity index (χ1v) is 8.65. The molecule has 0 bridgehead atoms. The van der Waals surface area contributed by atoms with Crippen molar-refractivity contribution in [2.45, 2.75) is 49.4 Å². The third-order valence-electron chi connectivity index (χ3n) is 3.84. The number of hydrogen-bond acceptors (Lipinski definition) is 3. The molecule has 1 amide bonds. The van der Waals surface area contributed by atoms with Gasteiger partial charge >= 0.3 is 0 Å². The van der Waals surface area contributed by atoms with Crippen LogP contribution in [-0.4, -0.2) is 33.1 Å². The predicted octanol–water partition coefficient (Wildman–Crippen LogP) is 2.09. The summed E-state index contributed by atoms with van der Waals surface area (Å²) in [6, 6.07) is 6.94. The summed E-state index contributed by atoms with van der Waals surface area (Å²) in [7, 11) is -1.03. The topological polar surface area (TPSA) is 66.4 Å². The van der Waals surface area contributed by atoms with Gasteiger partial charge in [0.25, 0.3) is 5.91 Å². The van der Waals surface area contributed by atoms with Crippen LogP contribution in [-0.2, 0) is 10.8 Å². The fraction of sp³-hybridized carbons (Fsp3) is 0.562. The maximum atomic E-state index is 12.0. The first-order valence-electron chi connectivity index (χ1n) is 7.44. The third kappa shape index (κ3) is 4.38. The normalized spacial score (nSPS) is 23.2. The molecule has 0 aromatic heterocycles. The second kappa shape index (κ2) is 7.18. The quantitative estimate of drug-likeness (QED) is 0.875. The summed E-state index contributed by atoms with van der Waals surface area (Å²) >= 11 is 0. The first kappa shape index (κ1) is 16.2. The lowest BCUT2D eigenvalue weighted by Crippen LogP contribution is -2.28. The van der Waals surface area contributed by atoms with Crippen molar-refractivity contribution in [3.05, 3.63) is 29.8 Å². The molecular weight excluding hydrogens is 286 g/mol. The number of aliphatic hydroxyl groups is 1. The van der Waals surface area contributed by atoms with Crippen LogP contribution in [0.3, 0.4) is 0 Å². The van der Waals surface area contributed by atoms with Crippen LogP contribution in [0.1, 0.15) is 43.5 Å². The Morgan fingerprint density at radius 2 is 2.00 bits per heavy atom. The van der Waals surface area contributed by atoms with Gasteiger partial charge in [0.05, 0.1) is 16.9 Å². The molecule has 3 atom stereocenters. The Morgan fingerprint density at radius 1 is 1.33 bits per heavy atom. The van der Waals surface area contributed by atoms with Crippen molar-refractivity contribution in [3.63, 3.8) is 0 Å². The molecule has 0 spiro atoms. The number of carbonyl (C=O) groups is 1. The van der Waals surface area contributed by atoms with Gasteiger partial charge in [-0.05, 0) is 49.4 Å². The second-order valence-corrected chi connectivity index (χ2v) is 7.92. The summed E-state index contributed by atoms with van der Waals surface area (Å²) in [4.78, 5) is 12.8. The molecule has 4 nitrogen and oxygen atoms in total. The Hall–Kier alpha value is -1.20. The number of hydrogen-bond donors (Lipinski definition) is 2. The van der Waals surface area contributed by atoms with E-state index in [1.54, 1.807) is 24.3 Å². The molecule has 116 valence electrons. The van der Waals surface area contributed by atoms with Crippen LogP contribution in [0, 0.1) is 5.92 Å². The first-order chi connectivity index (χ1) is 9.97. The van der Waals surface area contributed by atoms with Crippen molar-refractivity contribution in [1.82, 2.24) is 5.32 Å². The van der Waals surface area contributed by atoms with Crippen molar-refractivity contribution < 1.29 is 14.1 Å². The van der Waals surface area contributed by atoms with Crippen LogP contribution in [0.2, 0.25) is 0 Å². The number of carbonyl (C=O) groups excluding carboxylic acids is 1. The molecule has 1 aromatic rings. The molecule has 0 saturated heterocycles. The monoisotopic (exact) mass is 309 g/mol. The molecular formula is C16H23NO3S. The smallest absolute Gasteiger partial charge is 0.251 e. The average molecular weight is 309 g/mol. The zero-order valence-electron chi connectivity index (χ0n) is 12.5. The van der Waals surface area contributed by atoms with Gasteiger partial charge in [-0.25, -0.2) is 0 Å². The van der Waals surface area contributed by atoms with E-state index < -0.39 is 10.8 Å². The van der Waals surface area contributed by atoms with Gasteiger partial charge in [0.1, 0.15) is 0 Å². The van der Waals surface area contributed by atoms with Crippen molar-refractivity contribution in [2.75, 3.05) is 6.54 Å². The molecule has 2 rings (SSSR count). The van der Waals surface area contributed by atoms with E-state index in [4.69, 9.17) is 0 Å². The fourth-order valence-electron chi connectivity index (χ4n) is 2.59. The Bertz CT molecular complexity index is 513. The maximum absolute atomic E-state index is 12.0. The number of aliphatic hydroxyl groups excluding tert-OH is 1. The minimum absolute atomic E-state index is 0.0680. The Kier molecular flexibility index (Phi) is 5.53. The largest absolute Gasteiger partial charge is 0.393 e. The summed E-state index contributed by atoms with van der Waals surface area (Å²) < 4.78 is 11.9. The minimum atomic E-state index is -1.03. The maximum Gasteiger partial charge on any atom is 0.251 e. The van der Waals surface area contributed by atoms with Crippen LogP contribution in [0.4, 0.5) is 0 Å². The van der Waals surface area contributed by atoms with E-state index in [1.165, 1.54) is 0 Å². The van der Waals surface area contributed by atoms with Gasteiger partial charge in [0.2, 0.25) is 0 Å². The predicted molar refractivity (Wildman–Crippen MR) is 83.7 cm³/mol. The highest BCUT2D eigenvalue weighted by molar-refractivity contribution is 7.85. The lowest BCUT2D eigenvalue weighted by atomic mass is 10.1. The molecule has 1 fully saturated rings. The SMILES string of the molecule is CC(C)[S@](=O)c1ccc(C(=O)NC[C@H]2CC[C@@H](O)C2)cc1. The van der Waals surface area contributed by atoms with Crippen molar-refractivity contribution in [2.24, 2.45) is 5.92 Å². The molecule has 21 heavy (non-hydrogen) atoms. The molecule has 0 unspecified atom stereocenters. The van der Waals surface area contributed by atoms with Gasteiger partial charge in [0.15, 0.2) is 0 Å². The van der Waals surface area contributed by atoms with Crippen LogP contribution in [0.5, 0.6) is 0 Å². The van der Waals surface area contributed by atoms with Crippen molar-refractivity contribution in [1.29, 1.82) is 0 Å². The van der Waals surface area contributed by atoms with E-state index in [0.717, 1.165) is 24.2 Å². The molecule has 5 heteroatoms. The molecule has 0 aliphatic heterocycles. The molecule has 0 radical (unpaired) electrons. The summed E-state index contributed by atoms with van der Waals surface area (Å²) in [6.45, 7) is 4.43. The fourth-order valence-corrected chi connectivity index (χ4v) is 3.53. The van der Waals surface area contributed by atoms with Crippen LogP contribution in [0.15, 0.2) is 29.2 Å². The Labute approximate surface area is 128 Å². The van der Waals surface area contributed by atoms with Crippen LogP contribution in [0.25, 0.3) is 0 Å². The van der Waals surface area contributed by atoms with Gasteiger partial charge in [0, 0.05) is 22.3 Å². The Morgan fingerprint density at radius 3 is 2.52 bits per heavy atom.